The normalized spacial score (nSPS) is 14.0. The summed E-state index contributed by atoms with van der Waals surface area (Å²) in [7, 11) is 0. The predicted octanol–water partition coefficient (Wildman–Crippen LogP) is 3.55. The molecule has 1 saturated heterocycles. The topological polar surface area (TPSA) is 93.4 Å². The second kappa shape index (κ2) is 9.18. The van der Waals surface area contributed by atoms with Gasteiger partial charge in [0.1, 0.15) is 29.5 Å². The summed E-state index contributed by atoms with van der Waals surface area (Å²) < 4.78 is 5.87. The molecule has 31 heavy (non-hydrogen) atoms. The standard InChI is InChI=1S/C24H23N5O2/c1-2-21(30)29-14-12-18(13-15-29)28-24-22(23(25)26-16-27-24)17-8-10-20(11-9-17)31-19-6-4-3-5-7-19/h1,3-11,16,18H,12-15H2,(H3,25,26,27,28). The van der Waals surface area contributed by atoms with Crippen LogP contribution in [0.1, 0.15) is 12.8 Å². The number of carbonyl (C=O) groups is 1. The van der Waals surface area contributed by atoms with Gasteiger partial charge in [-0.1, -0.05) is 30.3 Å². The Morgan fingerprint density at radius 2 is 1.74 bits per heavy atom. The highest BCUT2D eigenvalue weighted by Gasteiger charge is 2.23. The molecule has 0 saturated carbocycles. The summed E-state index contributed by atoms with van der Waals surface area (Å²) >= 11 is 0. The Balaban J connectivity index is 1.49. The van der Waals surface area contributed by atoms with E-state index in [1.54, 1.807) is 4.90 Å². The highest BCUT2D eigenvalue weighted by molar-refractivity contribution is 5.93. The van der Waals surface area contributed by atoms with Gasteiger partial charge in [-0.2, -0.15) is 0 Å². The van der Waals surface area contributed by atoms with Crippen LogP contribution in [0.25, 0.3) is 11.1 Å². The number of piperidine rings is 1. The first-order chi connectivity index (χ1) is 15.1. The molecule has 1 aromatic heterocycles. The molecule has 7 heteroatoms. The van der Waals surface area contributed by atoms with E-state index in [2.05, 4.69) is 21.2 Å². The van der Waals surface area contributed by atoms with Crippen molar-refractivity contribution in [3.63, 3.8) is 0 Å². The number of aromatic nitrogens is 2. The predicted molar refractivity (Wildman–Crippen MR) is 120 cm³/mol. The van der Waals surface area contributed by atoms with Crippen LogP contribution in [-0.2, 0) is 4.79 Å². The molecule has 1 aliphatic rings. The van der Waals surface area contributed by atoms with E-state index in [4.69, 9.17) is 16.9 Å². The van der Waals surface area contributed by atoms with Crippen LogP contribution in [-0.4, -0.2) is 39.9 Å². The van der Waals surface area contributed by atoms with Crippen molar-refractivity contribution in [1.29, 1.82) is 0 Å². The summed E-state index contributed by atoms with van der Waals surface area (Å²) in [5, 5.41) is 3.47. The second-order valence-corrected chi connectivity index (χ2v) is 7.28. The number of benzene rings is 2. The van der Waals surface area contributed by atoms with Crippen molar-refractivity contribution >= 4 is 17.5 Å². The largest absolute Gasteiger partial charge is 0.457 e. The number of ether oxygens (including phenoxy) is 1. The molecule has 2 aromatic carbocycles. The van der Waals surface area contributed by atoms with E-state index in [1.807, 2.05) is 54.6 Å². The van der Waals surface area contributed by atoms with Crippen LogP contribution in [0, 0.1) is 12.3 Å². The number of nitrogen functional groups attached to an aromatic ring is 1. The molecule has 3 aromatic rings. The fraction of sp³-hybridized carbons (Fsp3) is 0.208. The average Bonchev–Trinajstić information content (AvgIpc) is 2.81. The van der Waals surface area contributed by atoms with Crippen molar-refractivity contribution in [3.05, 3.63) is 60.9 Å². The fourth-order valence-corrected chi connectivity index (χ4v) is 3.62. The molecule has 7 nitrogen and oxygen atoms in total. The van der Waals surface area contributed by atoms with Gasteiger partial charge < -0.3 is 20.7 Å². The Labute approximate surface area is 181 Å². The van der Waals surface area contributed by atoms with Gasteiger partial charge in [-0.05, 0) is 48.6 Å². The number of nitrogens with zero attached hydrogens (tertiary/aromatic N) is 3. The van der Waals surface area contributed by atoms with Crippen molar-refractivity contribution in [1.82, 2.24) is 14.9 Å². The SMILES string of the molecule is C#CC(=O)N1CCC(Nc2ncnc(N)c2-c2ccc(Oc3ccccc3)cc2)CC1. The third kappa shape index (κ3) is 4.75. The molecule has 1 amide bonds. The number of nitrogens with two attached hydrogens (primary N) is 1. The van der Waals surface area contributed by atoms with Crippen LogP contribution in [0.15, 0.2) is 60.9 Å². The molecular formula is C24H23N5O2. The molecule has 3 N–H and O–H groups in total. The van der Waals surface area contributed by atoms with Crippen LogP contribution in [0.5, 0.6) is 11.5 Å². The number of carbonyl (C=O) groups excluding carboxylic acids is 1. The fourth-order valence-electron chi connectivity index (χ4n) is 3.62. The van der Waals surface area contributed by atoms with Crippen molar-refractivity contribution in [3.8, 4) is 35.0 Å². The molecular weight excluding hydrogens is 390 g/mol. The van der Waals surface area contributed by atoms with Crippen molar-refractivity contribution in [2.24, 2.45) is 0 Å². The van der Waals surface area contributed by atoms with E-state index in [0.717, 1.165) is 35.5 Å². The van der Waals surface area contributed by atoms with Gasteiger partial charge in [-0.25, -0.2) is 9.97 Å². The van der Waals surface area contributed by atoms with E-state index in [1.165, 1.54) is 6.33 Å². The number of anilines is 2. The molecule has 0 radical (unpaired) electrons. The lowest BCUT2D eigenvalue weighted by Crippen LogP contribution is -2.42. The van der Waals surface area contributed by atoms with Crippen LogP contribution < -0.4 is 15.8 Å². The van der Waals surface area contributed by atoms with E-state index >= 15 is 0 Å². The third-order valence-electron chi connectivity index (χ3n) is 5.24. The maximum Gasteiger partial charge on any atom is 0.298 e. The first-order valence-electron chi connectivity index (χ1n) is 10.1. The Morgan fingerprint density at radius 3 is 2.42 bits per heavy atom. The number of likely N-dealkylation sites (tertiary alicyclic amines) is 1. The summed E-state index contributed by atoms with van der Waals surface area (Å²) in [6.07, 6.45) is 8.23. The summed E-state index contributed by atoms with van der Waals surface area (Å²) in [4.78, 5) is 22.0. The van der Waals surface area contributed by atoms with Crippen molar-refractivity contribution in [2.45, 2.75) is 18.9 Å². The minimum absolute atomic E-state index is 0.163. The molecule has 0 unspecified atom stereocenters. The first kappa shape index (κ1) is 20.2. The zero-order valence-corrected chi connectivity index (χ0v) is 17.0. The Morgan fingerprint density at radius 1 is 1.06 bits per heavy atom. The lowest BCUT2D eigenvalue weighted by molar-refractivity contribution is -0.126. The lowest BCUT2D eigenvalue weighted by Gasteiger charge is -2.31. The van der Waals surface area contributed by atoms with Gasteiger partial charge >= 0.3 is 0 Å². The quantitative estimate of drug-likeness (QED) is 0.622. The highest BCUT2D eigenvalue weighted by Crippen LogP contribution is 2.33. The number of hydrogen-bond acceptors (Lipinski definition) is 6. The Kier molecular flexibility index (Phi) is 5.99. The molecule has 2 heterocycles. The van der Waals surface area contributed by atoms with Gasteiger partial charge in [0.05, 0.1) is 5.56 Å². The van der Waals surface area contributed by atoms with Crippen molar-refractivity contribution < 1.29 is 9.53 Å². The van der Waals surface area contributed by atoms with Crippen LogP contribution in [0.4, 0.5) is 11.6 Å². The Bertz CT molecular complexity index is 1090. The first-order valence-corrected chi connectivity index (χ1v) is 10.1. The molecule has 0 atom stereocenters. The van der Waals surface area contributed by atoms with E-state index in [0.29, 0.717) is 24.7 Å². The molecule has 1 aliphatic heterocycles. The van der Waals surface area contributed by atoms with Crippen LogP contribution in [0.2, 0.25) is 0 Å². The molecule has 0 bridgehead atoms. The van der Waals surface area contributed by atoms with Gasteiger partial charge in [0.15, 0.2) is 0 Å². The van der Waals surface area contributed by atoms with Crippen LogP contribution in [0.3, 0.4) is 0 Å². The minimum Gasteiger partial charge on any atom is -0.457 e. The number of nitrogens with one attached hydrogen (secondary N) is 1. The minimum atomic E-state index is -0.261. The lowest BCUT2D eigenvalue weighted by atomic mass is 10.0. The average molecular weight is 413 g/mol. The number of amides is 1. The maximum atomic E-state index is 11.7. The molecule has 1 fully saturated rings. The number of para-hydroxylation sites is 1. The zero-order valence-electron chi connectivity index (χ0n) is 17.0. The van der Waals surface area contributed by atoms with Gasteiger partial charge in [0.2, 0.25) is 0 Å². The number of terminal acetylenes is 1. The maximum absolute atomic E-state index is 11.7. The summed E-state index contributed by atoms with van der Waals surface area (Å²) in [5.41, 5.74) is 7.84. The molecule has 156 valence electrons. The summed E-state index contributed by atoms with van der Waals surface area (Å²) in [5.74, 6) is 4.49. The molecule has 0 aliphatic carbocycles. The van der Waals surface area contributed by atoms with Gasteiger partial charge in [0, 0.05) is 19.1 Å². The Hall–Kier alpha value is -4.05. The number of hydrogen-bond donors (Lipinski definition) is 2. The summed E-state index contributed by atoms with van der Waals surface area (Å²) in [6, 6.07) is 17.4. The highest BCUT2D eigenvalue weighted by atomic mass is 16.5. The van der Waals surface area contributed by atoms with E-state index < -0.39 is 0 Å². The molecule has 0 spiro atoms. The zero-order chi connectivity index (χ0) is 21.6. The second-order valence-electron chi connectivity index (χ2n) is 7.28. The monoisotopic (exact) mass is 413 g/mol. The molecule has 4 rings (SSSR count). The van der Waals surface area contributed by atoms with E-state index in [-0.39, 0.29) is 11.9 Å². The van der Waals surface area contributed by atoms with Crippen molar-refractivity contribution in [2.75, 3.05) is 24.1 Å². The van der Waals surface area contributed by atoms with E-state index in [9.17, 15) is 4.79 Å². The third-order valence-corrected chi connectivity index (χ3v) is 5.24. The summed E-state index contributed by atoms with van der Waals surface area (Å²) in [6.45, 7) is 1.23. The van der Waals surface area contributed by atoms with Gasteiger partial charge in [0.25, 0.3) is 5.91 Å². The van der Waals surface area contributed by atoms with Gasteiger partial charge in [-0.3, -0.25) is 4.79 Å². The van der Waals surface area contributed by atoms with Gasteiger partial charge in [-0.15, -0.1) is 6.42 Å². The van der Waals surface area contributed by atoms with Crippen LogP contribution >= 0.6 is 0 Å². The smallest absolute Gasteiger partial charge is 0.298 e. The number of rotatable bonds is 5.